The van der Waals surface area contributed by atoms with Gasteiger partial charge in [0.1, 0.15) is 0 Å². The molecule has 2 aromatic carbocycles. The second kappa shape index (κ2) is 7.89. The zero-order chi connectivity index (χ0) is 18.4. The summed E-state index contributed by atoms with van der Waals surface area (Å²) in [5.74, 6) is -0.512. The van der Waals surface area contributed by atoms with Crippen LogP contribution in [0.4, 0.5) is 17.3 Å². The number of esters is 1. The van der Waals surface area contributed by atoms with Crippen molar-refractivity contribution in [1.82, 2.24) is 9.97 Å². The van der Waals surface area contributed by atoms with E-state index in [1.165, 1.54) is 19.5 Å². The Kier molecular flexibility index (Phi) is 5.19. The van der Waals surface area contributed by atoms with Crippen molar-refractivity contribution in [3.8, 4) is 0 Å². The molecule has 7 nitrogen and oxygen atoms in total. The Hall–Kier alpha value is -3.74. The van der Waals surface area contributed by atoms with Crippen molar-refractivity contribution in [3.05, 3.63) is 78.1 Å². The average molecular weight is 348 g/mol. The number of carbonyl (C=O) groups excluding carboxylic acids is 2. The predicted molar refractivity (Wildman–Crippen MR) is 97.5 cm³/mol. The fourth-order valence-corrected chi connectivity index (χ4v) is 2.24. The third-order valence-corrected chi connectivity index (χ3v) is 3.52. The number of rotatable bonds is 5. The van der Waals surface area contributed by atoms with Gasteiger partial charge in [-0.3, -0.25) is 4.79 Å². The van der Waals surface area contributed by atoms with E-state index in [9.17, 15) is 9.59 Å². The van der Waals surface area contributed by atoms with Crippen LogP contribution >= 0.6 is 0 Å². The van der Waals surface area contributed by atoms with Crippen molar-refractivity contribution in [2.24, 2.45) is 0 Å². The summed E-state index contributed by atoms with van der Waals surface area (Å²) >= 11 is 0. The second-order valence-corrected chi connectivity index (χ2v) is 5.28. The van der Waals surface area contributed by atoms with Crippen LogP contribution in [0.3, 0.4) is 0 Å². The van der Waals surface area contributed by atoms with E-state index in [-0.39, 0.29) is 11.9 Å². The van der Waals surface area contributed by atoms with Crippen molar-refractivity contribution in [1.29, 1.82) is 0 Å². The molecule has 130 valence electrons. The van der Waals surface area contributed by atoms with Gasteiger partial charge in [-0.2, -0.15) is 0 Å². The molecule has 0 fully saturated rings. The van der Waals surface area contributed by atoms with E-state index >= 15 is 0 Å². The zero-order valence-electron chi connectivity index (χ0n) is 14.0. The van der Waals surface area contributed by atoms with Gasteiger partial charge in [-0.1, -0.05) is 30.3 Å². The molecule has 1 amide bonds. The number of hydrogen-bond donors (Lipinski definition) is 2. The lowest BCUT2D eigenvalue weighted by molar-refractivity contribution is 0.0601. The molecule has 26 heavy (non-hydrogen) atoms. The minimum atomic E-state index is -0.466. The molecule has 1 aromatic heterocycles. The molecule has 2 N–H and O–H groups in total. The van der Waals surface area contributed by atoms with Crippen molar-refractivity contribution in [2.45, 2.75) is 0 Å². The van der Waals surface area contributed by atoms with E-state index in [2.05, 4.69) is 20.6 Å². The molecular formula is C19H16N4O3. The first-order valence-corrected chi connectivity index (χ1v) is 7.80. The molecule has 0 aliphatic rings. The van der Waals surface area contributed by atoms with Crippen LogP contribution in [0.2, 0.25) is 0 Å². The van der Waals surface area contributed by atoms with Crippen molar-refractivity contribution in [3.63, 3.8) is 0 Å². The molecular weight excluding hydrogens is 332 g/mol. The Labute approximate surface area is 150 Å². The van der Waals surface area contributed by atoms with Crippen LogP contribution in [-0.2, 0) is 4.74 Å². The number of methoxy groups -OCH3 is 1. The van der Waals surface area contributed by atoms with E-state index in [1.54, 1.807) is 36.4 Å². The first-order chi connectivity index (χ1) is 12.7. The minimum absolute atomic E-state index is 0.262. The number of anilines is 3. The molecule has 1 heterocycles. The summed E-state index contributed by atoms with van der Waals surface area (Å²) in [6.07, 6.45) is 2.82. The van der Waals surface area contributed by atoms with Crippen LogP contribution in [0.5, 0.6) is 0 Å². The number of nitrogens with one attached hydrogen (secondary N) is 2. The number of carbonyl (C=O) groups is 2. The Balaban J connectivity index is 1.72. The highest BCUT2D eigenvalue weighted by atomic mass is 16.5. The monoisotopic (exact) mass is 348 g/mol. The first-order valence-electron chi connectivity index (χ1n) is 7.80. The van der Waals surface area contributed by atoms with Gasteiger partial charge in [0.05, 0.1) is 23.9 Å². The third-order valence-electron chi connectivity index (χ3n) is 3.52. The van der Waals surface area contributed by atoms with E-state index in [0.29, 0.717) is 22.5 Å². The quantitative estimate of drug-likeness (QED) is 0.688. The van der Waals surface area contributed by atoms with E-state index < -0.39 is 5.97 Å². The highest BCUT2D eigenvalue weighted by Crippen LogP contribution is 2.19. The summed E-state index contributed by atoms with van der Waals surface area (Å²) in [6.45, 7) is 0. The van der Waals surface area contributed by atoms with Crippen LogP contribution in [-0.4, -0.2) is 29.0 Å². The SMILES string of the molecule is COC(=O)c1ccccc1Nc1ncc(C(=O)Nc2ccccc2)cn1. The summed E-state index contributed by atoms with van der Waals surface area (Å²) < 4.78 is 4.75. The standard InChI is InChI=1S/C19H16N4O3/c1-26-18(25)15-9-5-6-10-16(15)23-19-20-11-13(12-21-19)17(24)22-14-7-3-2-4-8-14/h2-12H,1H3,(H,22,24)(H,20,21,23). The van der Waals surface area contributed by atoms with Crippen LogP contribution in [0, 0.1) is 0 Å². The number of benzene rings is 2. The van der Waals surface area contributed by atoms with Gasteiger partial charge in [-0.25, -0.2) is 14.8 Å². The summed E-state index contributed by atoms with van der Waals surface area (Å²) in [7, 11) is 1.32. The van der Waals surface area contributed by atoms with Crippen LogP contribution in [0.1, 0.15) is 20.7 Å². The molecule has 0 unspecified atom stereocenters. The third kappa shape index (κ3) is 4.02. The number of ether oxygens (including phenoxy) is 1. The molecule has 0 spiro atoms. The molecule has 0 atom stereocenters. The van der Waals surface area contributed by atoms with Gasteiger partial charge in [0.25, 0.3) is 5.91 Å². The minimum Gasteiger partial charge on any atom is -0.465 e. The lowest BCUT2D eigenvalue weighted by Crippen LogP contribution is -2.13. The highest BCUT2D eigenvalue weighted by molar-refractivity contribution is 6.03. The van der Waals surface area contributed by atoms with E-state index in [4.69, 9.17) is 4.74 Å². The second-order valence-electron chi connectivity index (χ2n) is 5.28. The topological polar surface area (TPSA) is 93.2 Å². The number of amides is 1. The van der Waals surface area contributed by atoms with Crippen molar-refractivity contribution < 1.29 is 14.3 Å². The van der Waals surface area contributed by atoms with Crippen LogP contribution in [0.15, 0.2) is 67.0 Å². The zero-order valence-corrected chi connectivity index (χ0v) is 14.0. The highest BCUT2D eigenvalue weighted by Gasteiger charge is 2.12. The van der Waals surface area contributed by atoms with Gasteiger partial charge in [0.15, 0.2) is 0 Å². The number of aromatic nitrogens is 2. The van der Waals surface area contributed by atoms with Gasteiger partial charge in [-0.05, 0) is 24.3 Å². The molecule has 0 saturated heterocycles. The maximum atomic E-state index is 12.2. The van der Waals surface area contributed by atoms with Gasteiger partial charge < -0.3 is 15.4 Å². The molecule has 0 aliphatic heterocycles. The Bertz CT molecular complexity index is 912. The van der Waals surface area contributed by atoms with Gasteiger partial charge >= 0.3 is 5.97 Å². The number of nitrogens with zero attached hydrogens (tertiary/aromatic N) is 2. The number of hydrogen-bond acceptors (Lipinski definition) is 6. The summed E-state index contributed by atoms with van der Waals surface area (Å²) in [5.41, 5.74) is 1.89. The largest absolute Gasteiger partial charge is 0.465 e. The maximum Gasteiger partial charge on any atom is 0.339 e. The molecule has 3 rings (SSSR count). The molecule has 0 bridgehead atoms. The predicted octanol–water partition coefficient (Wildman–Crippen LogP) is 3.26. The smallest absolute Gasteiger partial charge is 0.339 e. The summed E-state index contributed by atoms with van der Waals surface area (Å²) in [5, 5.41) is 5.71. The molecule has 7 heteroatoms. The summed E-state index contributed by atoms with van der Waals surface area (Å²) in [4.78, 5) is 32.2. The lowest BCUT2D eigenvalue weighted by Gasteiger charge is -2.09. The van der Waals surface area contributed by atoms with Crippen molar-refractivity contribution >= 4 is 29.2 Å². The first kappa shape index (κ1) is 17.1. The summed E-state index contributed by atoms with van der Waals surface area (Å²) in [6, 6.07) is 16.0. The Morgan fingerprint density at radius 3 is 2.27 bits per heavy atom. The molecule has 0 aliphatic carbocycles. The molecule has 3 aromatic rings. The van der Waals surface area contributed by atoms with Gasteiger partial charge in [0.2, 0.25) is 5.95 Å². The fourth-order valence-electron chi connectivity index (χ4n) is 2.24. The van der Waals surface area contributed by atoms with E-state index in [0.717, 1.165) is 0 Å². The fraction of sp³-hybridized carbons (Fsp3) is 0.0526. The molecule has 0 radical (unpaired) electrons. The van der Waals surface area contributed by atoms with Crippen LogP contribution in [0.25, 0.3) is 0 Å². The molecule has 0 saturated carbocycles. The van der Waals surface area contributed by atoms with E-state index in [1.807, 2.05) is 18.2 Å². The van der Waals surface area contributed by atoms with Gasteiger partial charge in [0, 0.05) is 18.1 Å². The lowest BCUT2D eigenvalue weighted by atomic mass is 10.2. The van der Waals surface area contributed by atoms with Crippen LogP contribution < -0.4 is 10.6 Å². The maximum absolute atomic E-state index is 12.2. The Morgan fingerprint density at radius 2 is 1.58 bits per heavy atom. The van der Waals surface area contributed by atoms with Gasteiger partial charge in [-0.15, -0.1) is 0 Å². The number of para-hydroxylation sites is 2. The normalized spacial score (nSPS) is 10.0. The van der Waals surface area contributed by atoms with Crippen molar-refractivity contribution in [2.75, 3.05) is 17.7 Å². The Morgan fingerprint density at radius 1 is 0.923 bits per heavy atom. The average Bonchev–Trinajstić information content (AvgIpc) is 2.69.